The van der Waals surface area contributed by atoms with Crippen LogP contribution in [-0.2, 0) is 25.6 Å². The van der Waals surface area contributed by atoms with Crippen LogP contribution in [0.2, 0.25) is 0 Å². The van der Waals surface area contributed by atoms with E-state index in [0.717, 1.165) is 33.8 Å². The fourth-order valence-electron chi connectivity index (χ4n) is 5.77. The van der Waals surface area contributed by atoms with Gasteiger partial charge in [-0.1, -0.05) is 23.9 Å². The van der Waals surface area contributed by atoms with Gasteiger partial charge in [0, 0.05) is 48.1 Å². The van der Waals surface area contributed by atoms with Crippen LogP contribution >= 0.6 is 11.8 Å². The molecule has 2 unspecified atom stereocenters. The highest BCUT2D eigenvalue weighted by Gasteiger charge is 2.51. The van der Waals surface area contributed by atoms with E-state index in [4.69, 9.17) is 14.0 Å². The van der Waals surface area contributed by atoms with E-state index in [1.165, 1.54) is 6.07 Å². The third-order valence-corrected chi connectivity index (χ3v) is 9.06. The number of halogens is 3. The van der Waals surface area contributed by atoms with E-state index in [9.17, 15) is 27.6 Å². The van der Waals surface area contributed by atoms with Crippen LogP contribution in [0.25, 0.3) is 11.0 Å². The number of hydrogen-bond donors (Lipinski definition) is 2. The summed E-state index contributed by atoms with van der Waals surface area (Å²) in [6, 6.07) is 14.0. The van der Waals surface area contributed by atoms with Gasteiger partial charge in [0.25, 0.3) is 5.91 Å². The number of nitrogens with one attached hydrogen (secondary N) is 2. The molecule has 2 N–H and O–H groups in total. The van der Waals surface area contributed by atoms with Crippen molar-refractivity contribution in [2.45, 2.75) is 56.9 Å². The second-order valence-electron chi connectivity index (χ2n) is 11.9. The highest BCUT2D eigenvalue weighted by molar-refractivity contribution is 8.04. The van der Waals surface area contributed by atoms with Crippen molar-refractivity contribution in [1.82, 2.24) is 15.3 Å². The second-order valence-corrected chi connectivity index (χ2v) is 12.9. The molecule has 1 saturated heterocycles. The van der Waals surface area contributed by atoms with Gasteiger partial charge < -0.3 is 24.6 Å². The minimum atomic E-state index is -5.21. The number of aryl methyl sites for hydroxylation is 1. The van der Waals surface area contributed by atoms with Crippen LogP contribution in [0.5, 0.6) is 0 Å². The summed E-state index contributed by atoms with van der Waals surface area (Å²) in [7, 11) is 0. The molecule has 14 heteroatoms. The lowest BCUT2D eigenvalue weighted by Crippen LogP contribution is -2.56. The number of anilines is 2. The number of benzene rings is 2. The first-order valence-corrected chi connectivity index (χ1v) is 15.2. The van der Waals surface area contributed by atoms with Crippen molar-refractivity contribution in [2.24, 2.45) is 0 Å². The Bertz CT molecular complexity index is 1760. The molecule has 1 fully saturated rings. The van der Waals surface area contributed by atoms with Crippen molar-refractivity contribution >= 4 is 46.0 Å². The van der Waals surface area contributed by atoms with E-state index < -0.39 is 29.1 Å². The molecule has 3 aliphatic rings. The zero-order chi connectivity index (χ0) is 32.1. The molecule has 3 aliphatic heterocycles. The van der Waals surface area contributed by atoms with Crippen LogP contribution in [0.4, 0.5) is 24.5 Å². The van der Waals surface area contributed by atoms with Crippen LogP contribution in [0.15, 0.2) is 68.3 Å². The number of amides is 1. The van der Waals surface area contributed by atoms with E-state index in [-0.39, 0.29) is 35.1 Å². The van der Waals surface area contributed by atoms with Crippen LogP contribution in [0.1, 0.15) is 31.6 Å². The number of carbonyl (C=O) groups is 2. The Balaban J connectivity index is 1.24. The molecule has 10 nitrogen and oxygen atoms in total. The Hall–Kier alpha value is -4.01. The largest absolute Gasteiger partial charge is 0.493 e. The number of thioether (sulfide) groups is 1. The van der Waals surface area contributed by atoms with Gasteiger partial charge in [-0.25, -0.2) is 4.79 Å². The minimum absolute atomic E-state index is 0.117. The molecule has 45 heavy (non-hydrogen) atoms. The molecule has 3 aromatic rings. The maximum absolute atomic E-state index is 13.3. The number of hydrogen-bond acceptors (Lipinski definition) is 10. The maximum Gasteiger partial charge on any atom is 0.493 e. The molecular formula is C31H31F3N4O6S. The number of hydroxylamine groups is 2. The number of fused-ring (bicyclic) bond motifs is 1. The molecule has 1 amide bonds. The normalized spacial score (nSPS) is 21.9. The number of nitrogens with zero attached hydrogens (tertiary/aromatic N) is 2. The molecular weight excluding hydrogens is 613 g/mol. The molecule has 2 atom stereocenters. The molecule has 0 saturated carbocycles. The summed E-state index contributed by atoms with van der Waals surface area (Å²) in [6.07, 6.45) is -4.57. The molecule has 4 heterocycles. The van der Waals surface area contributed by atoms with Gasteiger partial charge in [0.15, 0.2) is 10.9 Å². The third kappa shape index (κ3) is 6.53. The number of carbonyl (C=O) groups excluding carboxylic acids is 2. The van der Waals surface area contributed by atoms with Crippen LogP contribution < -0.4 is 16.1 Å². The third-order valence-electron chi connectivity index (χ3n) is 7.73. The van der Waals surface area contributed by atoms with Gasteiger partial charge in [0.2, 0.25) is 0 Å². The number of alkyl halides is 3. The van der Waals surface area contributed by atoms with Crippen molar-refractivity contribution < 1.29 is 36.8 Å². The van der Waals surface area contributed by atoms with Gasteiger partial charge in [-0.15, -0.1) is 0 Å². The standard InChI is InChI=1S/C31H31F3N4O6S/c1-17-11-24(39)22-8-7-20(14-25(22)43-17)35-19-6-4-5-18(12-19)13-21-16-42-10-9-37(21)29-38(44-28(41)31(32,33)34)23-15-30(2,3)36-27(40)26(23)45-29/h4-8,11-12,14,21,29,35H,9-10,13,15-16H2,1-3H3,(H,36,40). The zero-order valence-electron chi connectivity index (χ0n) is 24.7. The average molecular weight is 645 g/mol. The number of rotatable bonds is 6. The lowest BCUT2D eigenvalue weighted by Gasteiger charge is -2.42. The molecule has 6 rings (SSSR count). The highest BCUT2D eigenvalue weighted by Crippen LogP contribution is 2.46. The first-order valence-electron chi connectivity index (χ1n) is 14.3. The van der Waals surface area contributed by atoms with Crippen molar-refractivity contribution in [3.8, 4) is 0 Å². The van der Waals surface area contributed by atoms with E-state index in [1.807, 2.05) is 29.2 Å². The fourth-order valence-corrected chi connectivity index (χ4v) is 7.12. The molecule has 0 radical (unpaired) electrons. The van der Waals surface area contributed by atoms with Crippen LogP contribution in [-0.4, -0.2) is 64.9 Å². The van der Waals surface area contributed by atoms with Gasteiger partial charge in [-0.3, -0.25) is 14.5 Å². The minimum Gasteiger partial charge on any atom is -0.461 e. The van der Waals surface area contributed by atoms with Crippen LogP contribution in [0, 0.1) is 6.92 Å². The summed E-state index contributed by atoms with van der Waals surface area (Å²) in [5.74, 6) is -2.26. The van der Waals surface area contributed by atoms with Crippen molar-refractivity contribution in [2.75, 3.05) is 25.1 Å². The van der Waals surface area contributed by atoms with Crippen molar-refractivity contribution in [1.29, 1.82) is 0 Å². The molecule has 0 bridgehead atoms. The lowest BCUT2D eigenvalue weighted by atomic mass is 9.94. The number of morpholine rings is 1. The SMILES string of the molecule is Cc1cc(=O)c2ccc(Nc3cccc(CC4COCCN4C4SC5=C(CC(C)(C)NC5=O)N4OC(=O)C(F)(F)F)c3)cc2o1. The summed E-state index contributed by atoms with van der Waals surface area (Å²) in [5, 5.41) is 7.65. The quantitative estimate of drug-likeness (QED) is 0.382. The van der Waals surface area contributed by atoms with Gasteiger partial charge in [0.05, 0.1) is 29.2 Å². The predicted octanol–water partition coefficient (Wildman–Crippen LogP) is 4.95. The van der Waals surface area contributed by atoms with E-state index >= 15 is 0 Å². The van der Waals surface area contributed by atoms with Crippen molar-refractivity contribution in [3.05, 3.63) is 80.7 Å². The van der Waals surface area contributed by atoms with Gasteiger partial charge in [-0.05, 0) is 57.0 Å². The Morgan fingerprint density at radius 3 is 2.71 bits per heavy atom. The van der Waals surface area contributed by atoms with Gasteiger partial charge in [0.1, 0.15) is 11.3 Å². The summed E-state index contributed by atoms with van der Waals surface area (Å²) < 4.78 is 51.5. The predicted molar refractivity (Wildman–Crippen MR) is 161 cm³/mol. The second kappa shape index (κ2) is 11.7. The smallest absolute Gasteiger partial charge is 0.461 e. The molecule has 0 spiro atoms. The highest BCUT2D eigenvalue weighted by atomic mass is 32.2. The summed E-state index contributed by atoms with van der Waals surface area (Å²) in [6.45, 7) is 6.16. The lowest BCUT2D eigenvalue weighted by molar-refractivity contribution is -0.243. The van der Waals surface area contributed by atoms with Gasteiger partial charge in [-0.2, -0.15) is 18.2 Å². The maximum atomic E-state index is 13.3. The van der Waals surface area contributed by atoms with Crippen LogP contribution in [0.3, 0.4) is 0 Å². The Morgan fingerprint density at radius 2 is 1.93 bits per heavy atom. The van der Waals surface area contributed by atoms with Gasteiger partial charge >= 0.3 is 12.1 Å². The molecule has 238 valence electrons. The van der Waals surface area contributed by atoms with E-state index in [2.05, 4.69) is 10.6 Å². The fraction of sp³-hybridized carbons (Fsp3) is 0.387. The summed E-state index contributed by atoms with van der Waals surface area (Å²) >= 11 is 1.07. The summed E-state index contributed by atoms with van der Waals surface area (Å²) in [5.41, 5.74) is 1.36. The molecule has 2 aromatic carbocycles. The first kappa shape index (κ1) is 31.0. The topological polar surface area (TPSA) is 113 Å². The first-order chi connectivity index (χ1) is 21.3. The van der Waals surface area contributed by atoms with Crippen molar-refractivity contribution in [3.63, 3.8) is 0 Å². The Kier molecular flexibility index (Phi) is 8.08. The zero-order valence-corrected chi connectivity index (χ0v) is 25.5. The molecule has 0 aliphatic carbocycles. The summed E-state index contributed by atoms with van der Waals surface area (Å²) in [4.78, 5) is 44.4. The monoisotopic (exact) mass is 644 g/mol. The Morgan fingerprint density at radius 1 is 1.16 bits per heavy atom. The number of ether oxygens (including phenoxy) is 1. The van der Waals surface area contributed by atoms with E-state index in [0.29, 0.717) is 36.3 Å². The Labute approximate surface area is 260 Å². The van der Waals surface area contributed by atoms with E-state index in [1.54, 1.807) is 39.0 Å². The molecule has 1 aromatic heterocycles. The average Bonchev–Trinajstić information content (AvgIpc) is 3.30.